The van der Waals surface area contributed by atoms with Gasteiger partial charge in [0, 0.05) is 40.2 Å². The molecule has 0 saturated heterocycles. The van der Waals surface area contributed by atoms with Crippen molar-refractivity contribution >= 4 is 22.6 Å². The van der Waals surface area contributed by atoms with Crippen LogP contribution < -0.4 is 10.4 Å². The summed E-state index contributed by atoms with van der Waals surface area (Å²) >= 11 is 5.97. The van der Waals surface area contributed by atoms with Gasteiger partial charge in [-0.3, -0.25) is 4.90 Å². The van der Waals surface area contributed by atoms with E-state index in [1.807, 2.05) is 19.1 Å². The van der Waals surface area contributed by atoms with Crippen LogP contribution in [0.25, 0.3) is 11.0 Å². The minimum Gasteiger partial charge on any atom is -0.477 e. The van der Waals surface area contributed by atoms with Crippen LogP contribution in [0.1, 0.15) is 34.2 Å². The number of nitrogens with zero attached hydrogens (tertiary/aromatic N) is 1. The van der Waals surface area contributed by atoms with E-state index < -0.39 is 0 Å². The maximum atomic E-state index is 12.3. The Morgan fingerprint density at radius 2 is 1.93 bits per heavy atom. The van der Waals surface area contributed by atoms with Crippen LogP contribution in [-0.4, -0.2) is 18.2 Å². The van der Waals surface area contributed by atoms with Crippen LogP contribution in [-0.2, 0) is 25.8 Å². The zero-order valence-corrected chi connectivity index (χ0v) is 16.6. The number of fused-ring (bicyclic) bond motifs is 4. The lowest BCUT2D eigenvalue weighted by atomic mass is 9.99. The summed E-state index contributed by atoms with van der Waals surface area (Å²) in [6.07, 6.45) is 3.76. The normalized spacial score (nSPS) is 16.1. The third-order valence-electron chi connectivity index (χ3n) is 5.94. The number of halogens is 1. The van der Waals surface area contributed by atoms with E-state index in [2.05, 4.69) is 23.1 Å². The van der Waals surface area contributed by atoms with Crippen molar-refractivity contribution in [1.82, 2.24) is 4.90 Å². The van der Waals surface area contributed by atoms with Crippen molar-refractivity contribution in [3.8, 4) is 5.75 Å². The van der Waals surface area contributed by atoms with Gasteiger partial charge in [-0.1, -0.05) is 23.7 Å². The molecule has 3 aromatic rings. The van der Waals surface area contributed by atoms with Crippen LogP contribution in [0.5, 0.6) is 5.75 Å². The molecule has 5 rings (SSSR count). The number of aryl methyl sites for hydroxylation is 2. The SMILES string of the molecule is Cc1c2c(cc3c4c(c(=O)oc13)CCC4)CN(CCc1ccc(Cl)cc1)CO2. The summed E-state index contributed by atoms with van der Waals surface area (Å²) < 4.78 is 11.8. The predicted octanol–water partition coefficient (Wildman–Crippen LogP) is 4.64. The van der Waals surface area contributed by atoms with Crippen LogP contribution in [0, 0.1) is 6.92 Å². The minimum atomic E-state index is -0.177. The number of benzene rings is 2. The molecule has 5 heteroatoms. The van der Waals surface area contributed by atoms with Crippen molar-refractivity contribution in [2.75, 3.05) is 13.3 Å². The molecule has 28 heavy (non-hydrogen) atoms. The zero-order chi connectivity index (χ0) is 19.3. The first-order chi connectivity index (χ1) is 13.6. The Morgan fingerprint density at radius 1 is 1.14 bits per heavy atom. The third-order valence-corrected chi connectivity index (χ3v) is 6.19. The molecule has 2 aromatic carbocycles. The van der Waals surface area contributed by atoms with Gasteiger partial charge in [0.05, 0.1) is 0 Å². The average Bonchev–Trinajstić information content (AvgIpc) is 3.20. The summed E-state index contributed by atoms with van der Waals surface area (Å²) in [6.45, 7) is 4.30. The van der Waals surface area contributed by atoms with Crippen LogP contribution in [0.2, 0.25) is 5.02 Å². The molecule has 0 unspecified atom stereocenters. The van der Waals surface area contributed by atoms with Gasteiger partial charge in [0.2, 0.25) is 0 Å². The molecule has 0 fully saturated rings. The molecule has 0 bridgehead atoms. The molecule has 2 heterocycles. The summed E-state index contributed by atoms with van der Waals surface area (Å²) in [6, 6.07) is 10.2. The van der Waals surface area contributed by atoms with E-state index in [9.17, 15) is 4.79 Å². The van der Waals surface area contributed by atoms with Crippen molar-refractivity contribution < 1.29 is 9.15 Å². The van der Waals surface area contributed by atoms with Gasteiger partial charge >= 0.3 is 5.63 Å². The van der Waals surface area contributed by atoms with Crippen LogP contribution in [0.15, 0.2) is 39.5 Å². The Bertz CT molecular complexity index is 1120. The van der Waals surface area contributed by atoms with Crippen molar-refractivity contribution in [1.29, 1.82) is 0 Å². The highest BCUT2D eigenvalue weighted by Gasteiger charge is 2.26. The van der Waals surface area contributed by atoms with Gasteiger partial charge in [0.1, 0.15) is 18.1 Å². The van der Waals surface area contributed by atoms with Crippen LogP contribution >= 0.6 is 11.6 Å². The molecular weight excluding hydrogens is 374 g/mol. The molecule has 4 nitrogen and oxygen atoms in total. The maximum absolute atomic E-state index is 12.3. The second-order valence-electron chi connectivity index (χ2n) is 7.77. The molecule has 0 N–H and O–H groups in total. The number of hydrogen-bond donors (Lipinski definition) is 0. The van der Waals surface area contributed by atoms with E-state index in [0.717, 1.165) is 66.1 Å². The molecular formula is C23H22ClNO3. The molecule has 0 atom stereocenters. The summed E-state index contributed by atoms with van der Waals surface area (Å²) in [4.78, 5) is 14.6. The first-order valence-corrected chi connectivity index (χ1v) is 10.2. The summed E-state index contributed by atoms with van der Waals surface area (Å²) in [5.74, 6) is 0.872. The van der Waals surface area contributed by atoms with Crippen molar-refractivity contribution in [3.63, 3.8) is 0 Å². The van der Waals surface area contributed by atoms with E-state index in [-0.39, 0.29) is 5.63 Å². The molecule has 1 aliphatic carbocycles. The van der Waals surface area contributed by atoms with Crippen molar-refractivity contribution in [2.24, 2.45) is 0 Å². The van der Waals surface area contributed by atoms with Gasteiger partial charge in [-0.25, -0.2) is 4.79 Å². The van der Waals surface area contributed by atoms with Gasteiger partial charge in [-0.05, 0) is 61.9 Å². The van der Waals surface area contributed by atoms with E-state index >= 15 is 0 Å². The Balaban J connectivity index is 1.44. The topological polar surface area (TPSA) is 42.7 Å². The molecule has 1 aromatic heterocycles. The second kappa shape index (κ2) is 6.94. The Morgan fingerprint density at radius 3 is 2.75 bits per heavy atom. The lowest BCUT2D eigenvalue weighted by Gasteiger charge is -2.30. The fraction of sp³-hybridized carbons (Fsp3) is 0.348. The maximum Gasteiger partial charge on any atom is 0.339 e. The quantitative estimate of drug-likeness (QED) is 0.606. The van der Waals surface area contributed by atoms with E-state index in [1.165, 1.54) is 16.7 Å². The Kier molecular flexibility index (Phi) is 4.41. The van der Waals surface area contributed by atoms with Crippen LogP contribution in [0.4, 0.5) is 0 Å². The lowest BCUT2D eigenvalue weighted by molar-refractivity contribution is 0.0959. The van der Waals surface area contributed by atoms with E-state index in [4.69, 9.17) is 20.8 Å². The number of ether oxygens (including phenoxy) is 1. The van der Waals surface area contributed by atoms with Gasteiger partial charge < -0.3 is 9.15 Å². The van der Waals surface area contributed by atoms with Gasteiger partial charge in [0.25, 0.3) is 0 Å². The number of rotatable bonds is 3. The Hall–Kier alpha value is -2.30. The molecule has 2 aliphatic rings. The highest BCUT2D eigenvalue weighted by Crippen LogP contribution is 2.38. The minimum absolute atomic E-state index is 0.177. The third kappa shape index (κ3) is 3.01. The molecule has 0 radical (unpaired) electrons. The lowest BCUT2D eigenvalue weighted by Crippen LogP contribution is -2.34. The largest absolute Gasteiger partial charge is 0.477 e. The van der Waals surface area contributed by atoms with E-state index in [1.54, 1.807) is 0 Å². The molecule has 0 saturated carbocycles. The fourth-order valence-corrected chi connectivity index (χ4v) is 4.60. The summed E-state index contributed by atoms with van der Waals surface area (Å²) in [5.41, 5.74) is 5.94. The van der Waals surface area contributed by atoms with Crippen molar-refractivity contribution in [3.05, 3.63) is 73.6 Å². The van der Waals surface area contributed by atoms with Gasteiger partial charge in [0.15, 0.2) is 0 Å². The molecule has 1 aliphatic heterocycles. The zero-order valence-electron chi connectivity index (χ0n) is 15.9. The summed E-state index contributed by atoms with van der Waals surface area (Å²) in [7, 11) is 0. The Labute approximate surface area is 168 Å². The highest BCUT2D eigenvalue weighted by molar-refractivity contribution is 6.30. The molecule has 0 spiro atoms. The van der Waals surface area contributed by atoms with Gasteiger partial charge in [-0.2, -0.15) is 0 Å². The van der Waals surface area contributed by atoms with E-state index in [0.29, 0.717) is 12.3 Å². The molecule has 0 amide bonds. The van der Waals surface area contributed by atoms with Crippen molar-refractivity contribution in [2.45, 2.75) is 39.2 Å². The second-order valence-corrected chi connectivity index (χ2v) is 8.21. The smallest absolute Gasteiger partial charge is 0.339 e. The van der Waals surface area contributed by atoms with Crippen LogP contribution in [0.3, 0.4) is 0 Å². The predicted molar refractivity (Wildman–Crippen MR) is 110 cm³/mol. The standard InChI is InChI=1S/C23H22ClNO3/c1-14-21-16(11-20-18-3-2-4-19(18)23(26)28-22(14)20)12-25(13-27-21)10-9-15-5-7-17(24)8-6-15/h5-8,11H,2-4,9-10,12-13H2,1H3. The number of hydrogen-bond acceptors (Lipinski definition) is 4. The van der Waals surface area contributed by atoms with Gasteiger partial charge in [-0.15, -0.1) is 0 Å². The fourth-order valence-electron chi connectivity index (χ4n) is 4.47. The first-order valence-electron chi connectivity index (χ1n) is 9.81. The average molecular weight is 396 g/mol. The first kappa shape index (κ1) is 17.8. The summed E-state index contributed by atoms with van der Waals surface area (Å²) in [5, 5.41) is 1.85. The monoisotopic (exact) mass is 395 g/mol. The molecule has 144 valence electrons. The highest BCUT2D eigenvalue weighted by atomic mass is 35.5.